The Morgan fingerprint density at radius 3 is 2.63 bits per heavy atom. The van der Waals surface area contributed by atoms with Crippen LogP contribution in [-0.4, -0.2) is 10.8 Å². The Morgan fingerprint density at radius 2 is 2.00 bits per heavy atom. The number of hydrogen-bond donors (Lipinski definition) is 1. The fourth-order valence-electron chi connectivity index (χ4n) is 1.87. The first-order valence-corrected chi connectivity index (χ1v) is 6.76. The maximum atomic E-state index is 12.4. The summed E-state index contributed by atoms with van der Waals surface area (Å²) < 4.78 is 0.858. The Balaban J connectivity index is 2.20. The summed E-state index contributed by atoms with van der Waals surface area (Å²) >= 11 is 3.34. The number of Topliss-reactive ketones (excluding diaryl/α,β-unsaturated/α-hetero) is 1. The molecule has 2 aromatic rings. The van der Waals surface area contributed by atoms with Crippen LogP contribution in [0.3, 0.4) is 0 Å². The van der Waals surface area contributed by atoms with E-state index in [2.05, 4.69) is 20.9 Å². The summed E-state index contributed by atoms with van der Waals surface area (Å²) in [7, 11) is 0. The highest BCUT2D eigenvalue weighted by molar-refractivity contribution is 9.10. The molecule has 0 saturated heterocycles. The molecule has 0 aliphatic heterocycles. The molecule has 0 bridgehead atoms. The zero-order chi connectivity index (χ0) is 13.9. The minimum absolute atomic E-state index is 0.0291. The zero-order valence-electron chi connectivity index (χ0n) is 10.6. The molecule has 0 aliphatic carbocycles. The van der Waals surface area contributed by atoms with Gasteiger partial charge in [-0.1, -0.05) is 30.3 Å². The molecule has 1 aromatic carbocycles. The molecule has 1 heterocycles. The number of pyridine rings is 1. The molecular weight excluding hydrogens is 304 g/mol. The fraction of sp³-hybridized carbons (Fsp3) is 0.200. The monoisotopic (exact) mass is 318 g/mol. The van der Waals surface area contributed by atoms with Crippen molar-refractivity contribution in [2.45, 2.75) is 18.9 Å². The van der Waals surface area contributed by atoms with Gasteiger partial charge in [0.2, 0.25) is 0 Å². The largest absolute Gasteiger partial charge is 0.315 e. The van der Waals surface area contributed by atoms with Crippen LogP contribution in [0.4, 0.5) is 0 Å². The van der Waals surface area contributed by atoms with E-state index in [1.807, 2.05) is 36.4 Å². The van der Waals surface area contributed by atoms with Crippen LogP contribution in [0.1, 0.15) is 18.1 Å². The molecule has 98 valence electrons. The van der Waals surface area contributed by atoms with Crippen molar-refractivity contribution in [2.75, 3.05) is 0 Å². The number of rotatable bonds is 4. The second-order valence-corrected chi connectivity index (χ2v) is 5.60. The van der Waals surface area contributed by atoms with Gasteiger partial charge >= 0.3 is 0 Å². The third-order valence-corrected chi connectivity index (χ3v) is 3.51. The van der Waals surface area contributed by atoms with Crippen LogP contribution in [0.2, 0.25) is 0 Å². The maximum Gasteiger partial charge on any atom is 0.161 e. The van der Waals surface area contributed by atoms with E-state index in [-0.39, 0.29) is 12.2 Å². The molecule has 1 aromatic heterocycles. The summed E-state index contributed by atoms with van der Waals surface area (Å²) in [5.74, 6) is -0.0291. The SMILES string of the molecule is CC(N)(C(=O)Cc1cncc(Br)c1)c1ccccc1. The van der Waals surface area contributed by atoms with Gasteiger partial charge in [0.15, 0.2) is 5.78 Å². The number of benzene rings is 1. The van der Waals surface area contributed by atoms with Gasteiger partial charge in [0, 0.05) is 23.3 Å². The molecule has 0 saturated carbocycles. The molecule has 2 rings (SSSR count). The Hall–Kier alpha value is -1.52. The summed E-state index contributed by atoms with van der Waals surface area (Å²) in [6.07, 6.45) is 3.64. The molecule has 2 N–H and O–H groups in total. The lowest BCUT2D eigenvalue weighted by molar-refractivity contribution is -0.123. The van der Waals surface area contributed by atoms with Crippen LogP contribution in [0.5, 0.6) is 0 Å². The molecule has 3 nitrogen and oxygen atoms in total. The quantitative estimate of drug-likeness (QED) is 0.943. The van der Waals surface area contributed by atoms with E-state index in [9.17, 15) is 4.79 Å². The predicted molar refractivity (Wildman–Crippen MR) is 78.6 cm³/mol. The van der Waals surface area contributed by atoms with E-state index in [1.165, 1.54) is 0 Å². The van der Waals surface area contributed by atoms with E-state index in [0.29, 0.717) is 0 Å². The van der Waals surface area contributed by atoms with Crippen molar-refractivity contribution in [3.8, 4) is 0 Å². The summed E-state index contributed by atoms with van der Waals surface area (Å²) in [4.78, 5) is 16.4. The lowest BCUT2D eigenvalue weighted by Crippen LogP contribution is -2.42. The summed E-state index contributed by atoms with van der Waals surface area (Å²) in [6.45, 7) is 1.75. The van der Waals surface area contributed by atoms with Crippen LogP contribution in [0.25, 0.3) is 0 Å². The van der Waals surface area contributed by atoms with E-state index in [1.54, 1.807) is 19.3 Å². The third-order valence-electron chi connectivity index (χ3n) is 3.08. The van der Waals surface area contributed by atoms with Crippen LogP contribution < -0.4 is 5.73 Å². The van der Waals surface area contributed by atoms with E-state index >= 15 is 0 Å². The molecule has 0 spiro atoms. The highest BCUT2D eigenvalue weighted by atomic mass is 79.9. The standard InChI is InChI=1S/C15H15BrN2O/c1-15(17,12-5-3-2-4-6-12)14(19)8-11-7-13(16)10-18-9-11/h2-7,9-10H,8,17H2,1H3. The molecule has 19 heavy (non-hydrogen) atoms. The van der Waals surface area contributed by atoms with Crippen molar-refractivity contribution in [3.63, 3.8) is 0 Å². The van der Waals surface area contributed by atoms with Crippen molar-refractivity contribution in [3.05, 3.63) is 64.4 Å². The molecular formula is C15H15BrN2O. The lowest BCUT2D eigenvalue weighted by Gasteiger charge is -2.23. The van der Waals surface area contributed by atoms with Gasteiger partial charge in [-0.2, -0.15) is 0 Å². The number of halogens is 1. The molecule has 1 unspecified atom stereocenters. The van der Waals surface area contributed by atoms with Gasteiger partial charge in [0.25, 0.3) is 0 Å². The van der Waals surface area contributed by atoms with Crippen molar-refractivity contribution >= 4 is 21.7 Å². The highest BCUT2D eigenvalue weighted by Crippen LogP contribution is 2.21. The zero-order valence-corrected chi connectivity index (χ0v) is 12.2. The first-order chi connectivity index (χ1) is 9.00. The van der Waals surface area contributed by atoms with E-state index < -0.39 is 5.54 Å². The van der Waals surface area contributed by atoms with Crippen LogP contribution in [0, 0.1) is 0 Å². The van der Waals surface area contributed by atoms with Gasteiger partial charge in [0.05, 0.1) is 5.54 Å². The number of nitrogens with two attached hydrogens (primary N) is 1. The molecule has 0 amide bonds. The van der Waals surface area contributed by atoms with Gasteiger partial charge in [-0.3, -0.25) is 9.78 Å². The average molecular weight is 319 g/mol. The Morgan fingerprint density at radius 1 is 1.32 bits per heavy atom. The smallest absolute Gasteiger partial charge is 0.161 e. The van der Waals surface area contributed by atoms with Crippen LogP contribution >= 0.6 is 15.9 Å². The number of carbonyl (C=O) groups is 1. The van der Waals surface area contributed by atoms with Crippen molar-refractivity contribution in [1.82, 2.24) is 4.98 Å². The molecule has 0 radical (unpaired) electrons. The van der Waals surface area contributed by atoms with Gasteiger partial charge in [-0.15, -0.1) is 0 Å². The number of nitrogens with zero attached hydrogens (tertiary/aromatic N) is 1. The first kappa shape index (κ1) is 13.9. The normalized spacial score (nSPS) is 13.8. The van der Waals surface area contributed by atoms with Gasteiger partial charge in [-0.25, -0.2) is 0 Å². The van der Waals surface area contributed by atoms with Crippen molar-refractivity contribution in [2.24, 2.45) is 5.73 Å². The minimum atomic E-state index is -0.983. The number of hydrogen-bond acceptors (Lipinski definition) is 3. The molecule has 4 heteroatoms. The Bertz CT molecular complexity index is 582. The van der Waals surface area contributed by atoms with E-state index in [4.69, 9.17) is 5.73 Å². The summed E-state index contributed by atoms with van der Waals surface area (Å²) in [6, 6.07) is 11.3. The minimum Gasteiger partial charge on any atom is -0.315 e. The van der Waals surface area contributed by atoms with Gasteiger partial charge in [0.1, 0.15) is 0 Å². The van der Waals surface area contributed by atoms with Crippen molar-refractivity contribution < 1.29 is 4.79 Å². The van der Waals surface area contributed by atoms with Gasteiger partial charge in [-0.05, 0) is 40.0 Å². The van der Waals surface area contributed by atoms with Gasteiger partial charge < -0.3 is 5.73 Å². The van der Waals surface area contributed by atoms with E-state index in [0.717, 1.165) is 15.6 Å². The first-order valence-electron chi connectivity index (χ1n) is 5.97. The topological polar surface area (TPSA) is 56.0 Å². The number of aromatic nitrogens is 1. The van der Waals surface area contributed by atoms with Crippen molar-refractivity contribution in [1.29, 1.82) is 0 Å². The molecule has 0 fully saturated rings. The number of carbonyl (C=O) groups excluding carboxylic acids is 1. The average Bonchev–Trinajstić information content (AvgIpc) is 2.39. The Labute approximate surface area is 121 Å². The second-order valence-electron chi connectivity index (χ2n) is 4.68. The molecule has 0 aliphatic rings. The third kappa shape index (κ3) is 3.28. The number of ketones is 1. The Kier molecular flexibility index (Phi) is 4.12. The predicted octanol–water partition coefficient (Wildman–Crippen LogP) is 2.83. The second kappa shape index (κ2) is 5.63. The van der Waals surface area contributed by atoms with Crippen LogP contribution in [-0.2, 0) is 16.8 Å². The fourth-order valence-corrected chi connectivity index (χ4v) is 2.28. The maximum absolute atomic E-state index is 12.4. The lowest BCUT2D eigenvalue weighted by atomic mass is 9.86. The highest BCUT2D eigenvalue weighted by Gasteiger charge is 2.29. The molecule has 1 atom stereocenters. The summed E-state index contributed by atoms with van der Waals surface area (Å²) in [5.41, 5.74) is 6.88. The van der Waals surface area contributed by atoms with Crippen LogP contribution in [0.15, 0.2) is 53.3 Å². The summed E-state index contributed by atoms with van der Waals surface area (Å²) in [5, 5.41) is 0.